The maximum absolute atomic E-state index is 11.8. The van der Waals surface area contributed by atoms with Gasteiger partial charge in [-0.3, -0.25) is 9.59 Å². The Balaban J connectivity index is 1.78. The van der Waals surface area contributed by atoms with Crippen molar-refractivity contribution >= 4 is 23.2 Å². The molecule has 0 radical (unpaired) electrons. The highest BCUT2D eigenvalue weighted by molar-refractivity contribution is 7.08. The van der Waals surface area contributed by atoms with Gasteiger partial charge in [0.05, 0.1) is 13.1 Å². The van der Waals surface area contributed by atoms with Crippen molar-refractivity contribution < 1.29 is 14.7 Å². The van der Waals surface area contributed by atoms with Crippen LogP contribution in [0.3, 0.4) is 0 Å². The lowest BCUT2D eigenvalue weighted by Gasteiger charge is -2.22. The molecule has 1 atom stereocenters. The predicted molar refractivity (Wildman–Crippen MR) is 85.7 cm³/mol. The van der Waals surface area contributed by atoms with Crippen LogP contribution >= 0.6 is 11.3 Å². The number of thiophene rings is 1. The summed E-state index contributed by atoms with van der Waals surface area (Å²) in [5, 5.41) is 19.1. The highest BCUT2D eigenvalue weighted by Crippen LogP contribution is 2.21. The van der Waals surface area contributed by atoms with Gasteiger partial charge in [-0.25, -0.2) is 0 Å². The molecule has 6 heteroatoms. The van der Waals surface area contributed by atoms with Crippen molar-refractivity contribution in [1.29, 1.82) is 0 Å². The normalized spacial score (nSPS) is 13.2. The van der Waals surface area contributed by atoms with Crippen molar-refractivity contribution in [3.63, 3.8) is 0 Å². The molecule has 0 saturated carbocycles. The Morgan fingerprint density at radius 1 is 1.18 bits per heavy atom. The lowest BCUT2D eigenvalue weighted by molar-refractivity contribution is -0.121. The van der Waals surface area contributed by atoms with E-state index >= 15 is 0 Å². The van der Waals surface area contributed by atoms with Crippen LogP contribution < -0.4 is 10.6 Å². The van der Waals surface area contributed by atoms with E-state index in [1.165, 1.54) is 11.3 Å². The van der Waals surface area contributed by atoms with Gasteiger partial charge in [-0.15, -0.1) is 0 Å². The summed E-state index contributed by atoms with van der Waals surface area (Å²) in [4.78, 5) is 23.6. The molecule has 0 spiro atoms. The fourth-order valence-corrected chi connectivity index (χ4v) is 2.64. The fourth-order valence-electron chi connectivity index (χ4n) is 1.86. The summed E-state index contributed by atoms with van der Waals surface area (Å²) < 4.78 is 0. The van der Waals surface area contributed by atoms with Crippen LogP contribution in [0.5, 0.6) is 0 Å². The molecule has 0 fully saturated rings. The van der Waals surface area contributed by atoms with E-state index in [1.54, 1.807) is 31.2 Å². The molecule has 0 saturated heterocycles. The standard InChI is InChI=1S/C16H18N2O3S/c1-16(21,13-7-8-22-10-13)11-18-14(19)9-17-15(20)12-5-3-2-4-6-12/h2-8,10,21H,9,11H2,1H3,(H,17,20)(H,18,19). The van der Waals surface area contributed by atoms with Crippen molar-refractivity contribution in [2.45, 2.75) is 12.5 Å². The highest BCUT2D eigenvalue weighted by atomic mass is 32.1. The molecule has 0 aliphatic rings. The third-order valence-electron chi connectivity index (χ3n) is 3.22. The minimum atomic E-state index is -1.13. The smallest absolute Gasteiger partial charge is 0.251 e. The number of benzene rings is 1. The lowest BCUT2D eigenvalue weighted by Crippen LogP contribution is -2.43. The van der Waals surface area contributed by atoms with Crippen LogP contribution in [-0.4, -0.2) is 30.0 Å². The first-order valence-corrected chi connectivity index (χ1v) is 7.78. The van der Waals surface area contributed by atoms with Gasteiger partial charge in [0.15, 0.2) is 0 Å². The molecule has 2 rings (SSSR count). The number of rotatable bonds is 6. The largest absolute Gasteiger partial charge is 0.384 e. The predicted octanol–water partition coefficient (Wildman–Crippen LogP) is 1.50. The van der Waals surface area contributed by atoms with Crippen molar-refractivity contribution in [1.82, 2.24) is 10.6 Å². The zero-order chi connectivity index (χ0) is 16.0. The lowest BCUT2D eigenvalue weighted by atomic mass is 9.99. The molecule has 1 aromatic carbocycles. The average molecular weight is 318 g/mol. The van der Waals surface area contributed by atoms with Crippen LogP contribution in [0.1, 0.15) is 22.8 Å². The Hall–Kier alpha value is -2.18. The topological polar surface area (TPSA) is 78.4 Å². The van der Waals surface area contributed by atoms with Crippen LogP contribution in [-0.2, 0) is 10.4 Å². The molecule has 5 nitrogen and oxygen atoms in total. The van der Waals surface area contributed by atoms with Gasteiger partial charge in [0.1, 0.15) is 5.60 Å². The average Bonchev–Trinajstić information content (AvgIpc) is 3.07. The van der Waals surface area contributed by atoms with E-state index in [4.69, 9.17) is 0 Å². The Kier molecular flexibility index (Phi) is 5.30. The zero-order valence-corrected chi connectivity index (χ0v) is 13.0. The molecule has 2 aromatic rings. The van der Waals surface area contributed by atoms with E-state index in [0.29, 0.717) is 5.56 Å². The van der Waals surface area contributed by atoms with Crippen LogP contribution in [0.2, 0.25) is 0 Å². The highest BCUT2D eigenvalue weighted by Gasteiger charge is 2.24. The van der Waals surface area contributed by atoms with Gasteiger partial charge in [-0.1, -0.05) is 18.2 Å². The maximum Gasteiger partial charge on any atom is 0.251 e. The van der Waals surface area contributed by atoms with Crippen LogP contribution in [0, 0.1) is 0 Å². The molecule has 1 unspecified atom stereocenters. The van der Waals surface area contributed by atoms with Gasteiger partial charge in [0, 0.05) is 5.56 Å². The Labute approximate surface area is 133 Å². The monoisotopic (exact) mass is 318 g/mol. The Morgan fingerprint density at radius 3 is 2.55 bits per heavy atom. The summed E-state index contributed by atoms with van der Waals surface area (Å²) in [5.41, 5.74) is 0.130. The van der Waals surface area contributed by atoms with Crippen molar-refractivity contribution in [3.8, 4) is 0 Å². The van der Waals surface area contributed by atoms with Crippen molar-refractivity contribution in [3.05, 3.63) is 58.3 Å². The molecule has 0 aliphatic carbocycles. The molecule has 0 aliphatic heterocycles. The minimum absolute atomic E-state index is 0.0871. The number of hydrogen-bond donors (Lipinski definition) is 3. The number of carbonyl (C=O) groups excluding carboxylic acids is 2. The van der Waals surface area contributed by atoms with Gasteiger partial charge < -0.3 is 15.7 Å². The van der Waals surface area contributed by atoms with Gasteiger partial charge in [-0.2, -0.15) is 11.3 Å². The summed E-state index contributed by atoms with van der Waals surface area (Å²) in [5.74, 6) is -0.653. The van der Waals surface area contributed by atoms with Crippen LogP contribution in [0.25, 0.3) is 0 Å². The Bertz CT molecular complexity index is 624. The molecule has 1 aromatic heterocycles. The maximum atomic E-state index is 11.8. The molecule has 3 N–H and O–H groups in total. The summed E-state index contributed by atoms with van der Waals surface area (Å²) in [6, 6.07) is 10.5. The number of hydrogen-bond acceptors (Lipinski definition) is 4. The number of amides is 2. The number of carbonyl (C=O) groups is 2. The molecular weight excluding hydrogens is 300 g/mol. The minimum Gasteiger partial charge on any atom is -0.384 e. The van der Waals surface area contributed by atoms with E-state index < -0.39 is 5.60 Å². The number of aliphatic hydroxyl groups is 1. The molecule has 2 amide bonds. The molecule has 22 heavy (non-hydrogen) atoms. The molecule has 1 heterocycles. The first-order valence-electron chi connectivity index (χ1n) is 6.84. The van der Waals surface area contributed by atoms with E-state index in [2.05, 4.69) is 10.6 Å². The molecular formula is C16H18N2O3S. The summed E-state index contributed by atoms with van der Waals surface area (Å²) in [6.07, 6.45) is 0. The first-order chi connectivity index (χ1) is 10.5. The first kappa shape index (κ1) is 16.2. The third-order valence-corrected chi connectivity index (χ3v) is 3.90. The van der Waals surface area contributed by atoms with E-state index in [9.17, 15) is 14.7 Å². The van der Waals surface area contributed by atoms with Gasteiger partial charge in [0.2, 0.25) is 5.91 Å². The van der Waals surface area contributed by atoms with Gasteiger partial charge >= 0.3 is 0 Å². The second kappa shape index (κ2) is 7.20. The van der Waals surface area contributed by atoms with E-state index in [1.807, 2.05) is 22.9 Å². The quantitative estimate of drug-likeness (QED) is 0.755. The zero-order valence-electron chi connectivity index (χ0n) is 12.2. The molecule has 116 valence electrons. The Morgan fingerprint density at radius 2 is 1.91 bits per heavy atom. The van der Waals surface area contributed by atoms with Crippen molar-refractivity contribution in [2.24, 2.45) is 0 Å². The third kappa shape index (κ3) is 4.41. The summed E-state index contributed by atoms with van der Waals surface area (Å²) >= 11 is 1.48. The van der Waals surface area contributed by atoms with Gasteiger partial charge in [-0.05, 0) is 41.4 Å². The van der Waals surface area contributed by atoms with E-state index in [-0.39, 0.29) is 24.9 Å². The fraction of sp³-hybridized carbons (Fsp3) is 0.250. The summed E-state index contributed by atoms with van der Waals surface area (Å²) in [7, 11) is 0. The van der Waals surface area contributed by atoms with Crippen molar-refractivity contribution in [2.75, 3.05) is 13.1 Å². The van der Waals surface area contributed by atoms with Crippen LogP contribution in [0.15, 0.2) is 47.2 Å². The second-order valence-electron chi connectivity index (χ2n) is 5.11. The second-order valence-corrected chi connectivity index (χ2v) is 5.89. The SMILES string of the molecule is CC(O)(CNC(=O)CNC(=O)c1ccccc1)c1ccsc1. The molecule has 0 bridgehead atoms. The van der Waals surface area contributed by atoms with Crippen LogP contribution in [0.4, 0.5) is 0 Å². The van der Waals surface area contributed by atoms with E-state index in [0.717, 1.165) is 5.56 Å². The number of nitrogens with one attached hydrogen (secondary N) is 2. The summed E-state index contributed by atoms with van der Waals surface area (Å²) in [6.45, 7) is 1.59. The van der Waals surface area contributed by atoms with Gasteiger partial charge in [0.25, 0.3) is 5.91 Å².